The number of amides is 1. The van der Waals surface area contributed by atoms with Gasteiger partial charge in [-0.15, -0.1) is 0 Å². The topological polar surface area (TPSA) is 59.0 Å². The Balaban J connectivity index is 1.70. The lowest BCUT2D eigenvalue weighted by molar-refractivity contribution is 0.0712. The maximum atomic E-state index is 12.9. The first-order valence-corrected chi connectivity index (χ1v) is 9.49. The van der Waals surface area contributed by atoms with Gasteiger partial charge in [-0.3, -0.25) is 4.79 Å². The third-order valence-electron chi connectivity index (χ3n) is 4.91. The largest absolute Gasteiger partial charge is 0.508 e. The van der Waals surface area contributed by atoms with Crippen molar-refractivity contribution in [3.63, 3.8) is 0 Å². The molecule has 1 heterocycles. The zero-order chi connectivity index (χ0) is 19.4. The number of halogens is 1. The number of carbonyl (C=O) groups excluding carboxylic acids is 1. The van der Waals surface area contributed by atoms with E-state index < -0.39 is 0 Å². The molecule has 0 bridgehead atoms. The van der Waals surface area contributed by atoms with Crippen molar-refractivity contribution in [1.29, 1.82) is 0 Å². The van der Waals surface area contributed by atoms with Gasteiger partial charge in [0.15, 0.2) is 11.5 Å². The molecule has 6 heteroatoms. The normalized spacial score (nSPS) is 14.9. The number of likely N-dealkylation sites (tertiary alicyclic amines) is 1. The van der Waals surface area contributed by atoms with Crippen LogP contribution in [-0.2, 0) is 0 Å². The molecule has 144 valence electrons. The number of ether oxygens (including phenoxy) is 2. The third-order valence-corrected chi connectivity index (χ3v) is 5.19. The van der Waals surface area contributed by atoms with Crippen LogP contribution in [0.15, 0.2) is 36.4 Å². The Morgan fingerprint density at radius 1 is 1.22 bits per heavy atom. The second kappa shape index (κ2) is 8.53. The number of methoxy groups -OCH3 is 1. The van der Waals surface area contributed by atoms with Crippen LogP contribution in [0.1, 0.15) is 41.6 Å². The van der Waals surface area contributed by atoms with E-state index in [0.29, 0.717) is 47.7 Å². The highest BCUT2D eigenvalue weighted by Gasteiger charge is 2.26. The fourth-order valence-electron chi connectivity index (χ4n) is 3.47. The summed E-state index contributed by atoms with van der Waals surface area (Å²) >= 11 is 6.29. The van der Waals surface area contributed by atoms with Crippen LogP contribution in [0.4, 0.5) is 0 Å². The molecule has 0 unspecified atom stereocenters. The Hall–Kier alpha value is -2.40. The summed E-state index contributed by atoms with van der Waals surface area (Å²) < 4.78 is 10.9. The average Bonchev–Trinajstić information content (AvgIpc) is 2.69. The highest BCUT2D eigenvalue weighted by molar-refractivity contribution is 6.32. The minimum Gasteiger partial charge on any atom is -0.508 e. The minimum atomic E-state index is -0.0533. The van der Waals surface area contributed by atoms with E-state index in [1.54, 1.807) is 24.3 Å². The number of carbonyl (C=O) groups is 1. The maximum absolute atomic E-state index is 12.9. The van der Waals surface area contributed by atoms with Gasteiger partial charge in [-0.2, -0.15) is 0 Å². The lowest BCUT2D eigenvalue weighted by Crippen LogP contribution is -2.37. The second-order valence-electron chi connectivity index (χ2n) is 6.58. The number of phenolic OH excluding ortho intramolecular Hbond substituents is 1. The first-order chi connectivity index (χ1) is 13.0. The van der Waals surface area contributed by atoms with Gasteiger partial charge in [-0.05, 0) is 55.5 Å². The lowest BCUT2D eigenvalue weighted by Gasteiger charge is -2.32. The Morgan fingerprint density at radius 3 is 2.48 bits per heavy atom. The molecule has 27 heavy (non-hydrogen) atoms. The number of aromatic hydroxyl groups is 1. The summed E-state index contributed by atoms with van der Waals surface area (Å²) in [6.07, 6.45) is 1.77. The molecule has 1 amide bonds. The van der Waals surface area contributed by atoms with Crippen molar-refractivity contribution in [2.45, 2.75) is 25.7 Å². The monoisotopic (exact) mass is 389 g/mol. The van der Waals surface area contributed by atoms with Crippen molar-refractivity contribution in [3.05, 3.63) is 52.5 Å². The SMILES string of the molecule is CCOc1c(Cl)cc(C(=O)N2CCC(c3ccc(O)cc3)CC2)cc1OC. The fraction of sp³-hybridized carbons (Fsp3) is 0.381. The number of rotatable bonds is 5. The number of piperidine rings is 1. The van der Waals surface area contributed by atoms with Crippen molar-refractivity contribution in [2.24, 2.45) is 0 Å². The number of nitrogens with zero attached hydrogens (tertiary/aromatic N) is 1. The van der Waals surface area contributed by atoms with Crippen LogP contribution >= 0.6 is 11.6 Å². The molecule has 0 spiro atoms. The Bertz CT molecular complexity index is 799. The van der Waals surface area contributed by atoms with Crippen molar-refractivity contribution < 1.29 is 19.4 Å². The van der Waals surface area contributed by atoms with Crippen LogP contribution in [0.3, 0.4) is 0 Å². The van der Waals surface area contributed by atoms with Crippen molar-refractivity contribution in [2.75, 3.05) is 26.8 Å². The summed E-state index contributed by atoms with van der Waals surface area (Å²) in [6, 6.07) is 10.7. The van der Waals surface area contributed by atoms with Gasteiger partial charge < -0.3 is 19.5 Å². The van der Waals surface area contributed by atoms with E-state index in [9.17, 15) is 9.90 Å². The summed E-state index contributed by atoms with van der Waals surface area (Å²) in [5, 5.41) is 9.81. The van der Waals surface area contributed by atoms with Crippen LogP contribution in [0.25, 0.3) is 0 Å². The highest BCUT2D eigenvalue weighted by Crippen LogP contribution is 2.37. The Labute approximate surface area is 164 Å². The first kappa shape index (κ1) is 19.4. The molecule has 0 radical (unpaired) electrons. The van der Waals surface area contributed by atoms with Gasteiger partial charge in [-0.1, -0.05) is 23.7 Å². The molecular formula is C21H24ClNO4. The quantitative estimate of drug-likeness (QED) is 0.819. The minimum absolute atomic E-state index is 0.0533. The molecule has 0 aromatic heterocycles. The van der Waals surface area contributed by atoms with E-state index in [1.807, 2.05) is 24.0 Å². The highest BCUT2D eigenvalue weighted by atomic mass is 35.5. The predicted molar refractivity (Wildman–Crippen MR) is 105 cm³/mol. The van der Waals surface area contributed by atoms with Gasteiger partial charge in [-0.25, -0.2) is 0 Å². The van der Waals surface area contributed by atoms with Crippen molar-refractivity contribution in [3.8, 4) is 17.2 Å². The van der Waals surface area contributed by atoms with E-state index in [4.69, 9.17) is 21.1 Å². The van der Waals surface area contributed by atoms with Gasteiger partial charge >= 0.3 is 0 Å². The van der Waals surface area contributed by atoms with E-state index in [1.165, 1.54) is 12.7 Å². The van der Waals surface area contributed by atoms with Crippen LogP contribution < -0.4 is 9.47 Å². The molecule has 1 N–H and O–H groups in total. The van der Waals surface area contributed by atoms with Crippen LogP contribution in [0, 0.1) is 0 Å². The zero-order valence-electron chi connectivity index (χ0n) is 15.6. The molecule has 1 aliphatic heterocycles. The molecule has 2 aromatic carbocycles. The fourth-order valence-corrected chi connectivity index (χ4v) is 3.74. The molecular weight excluding hydrogens is 366 g/mol. The Kier molecular flexibility index (Phi) is 6.11. The molecule has 0 aliphatic carbocycles. The number of hydrogen-bond acceptors (Lipinski definition) is 4. The molecule has 5 nitrogen and oxygen atoms in total. The maximum Gasteiger partial charge on any atom is 0.254 e. The van der Waals surface area contributed by atoms with Gasteiger partial charge in [0, 0.05) is 18.7 Å². The van der Waals surface area contributed by atoms with Crippen LogP contribution in [0.5, 0.6) is 17.2 Å². The summed E-state index contributed by atoms with van der Waals surface area (Å²) in [6.45, 7) is 3.69. The van der Waals surface area contributed by atoms with E-state index >= 15 is 0 Å². The summed E-state index contributed by atoms with van der Waals surface area (Å²) in [5.74, 6) is 1.54. The van der Waals surface area contributed by atoms with Crippen LogP contribution in [-0.4, -0.2) is 42.7 Å². The van der Waals surface area contributed by atoms with Gasteiger partial charge in [0.05, 0.1) is 18.7 Å². The van der Waals surface area contributed by atoms with Crippen molar-refractivity contribution >= 4 is 17.5 Å². The summed E-state index contributed by atoms with van der Waals surface area (Å²) in [4.78, 5) is 14.8. The molecule has 2 aromatic rings. The second-order valence-corrected chi connectivity index (χ2v) is 6.99. The molecule has 3 rings (SSSR count). The van der Waals surface area contributed by atoms with Gasteiger partial charge in [0.25, 0.3) is 5.91 Å². The van der Waals surface area contributed by atoms with Gasteiger partial charge in [0.1, 0.15) is 5.75 Å². The molecule has 1 aliphatic rings. The Morgan fingerprint density at radius 2 is 1.89 bits per heavy atom. The van der Waals surface area contributed by atoms with Gasteiger partial charge in [0.2, 0.25) is 0 Å². The molecule has 0 saturated carbocycles. The molecule has 0 atom stereocenters. The number of phenols is 1. The smallest absolute Gasteiger partial charge is 0.254 e. The average molecular weight is 390 g/mol. The predicted octanol–water partition coefficient (Wildman–Crippen LogP) is 4.47. The summed E-state index contributed by atoms with van der Waals surface area (Å²) in [7, 11) is 1.53. The van der Waals surface area contributed by atoms with E-state index in [0.717, 1.165) is 12.8 Å². The molecule has 1 saturated heterocycles. The van der Waals surface area contributed by atoms with Crippen LogP contribution in [0.2, 0.25) is 5.02 Å². The summed E-state index contributed by atoms with van der Waals surface area (Å²) in [5.41, 5.74) is 1.70. The van der Waals surface area contributed by atoms with E-state index in [2.05, 4.69) is 0 Å². The number of hydrogen-bond donors (Lipinski definition) is 1. The number of benzene rings is 2. The lowest BCUT2D eigenvalue weighted by atomic mass is 9.89. The first-order valence-electron chi connectivity index (χ1n) is 9.12. The van der Waals surface area contributed by atoms with Crippen molar-refractivity contribution in [1.82, 2.24) is 4.90 Å². The van der Waals surface area contributed by atoms with E-state index in [-0.39, 0.29) is 11.7 Å². The zero-order valence-corrected chi connectivity index (χ0v) is 16.3. The molecule has 1 fully saturated rings. The standard InChI is InChI=1S/C21H24ClNO4/c1-3-27-20-18(22)12-16(13-19(20)26-2)21(25)23-10-8-15(9-11-23)14-4-6-17(24)7-5-14/h4-7,12-13,15,24H,3,8-11H2,1-2H3. The third kappa shape index (κ3) is 4.30.